The molecule has 0 spiro atoms. The van der Waals surface area contributed by atoms with E-state index in [0.717, 1.165) is 0 Å². The molecule has 0 aromatic heterocycles. The number of carbonyl (C=O) groups excluding carboxylic acids is 1. The lowest BCUT2D eigenvalue weighted by molar-refractivity contribution is -0.148. The van der Waals surface area contributed by atoms with Crippen LogP contribution in [0.2, 0.25) is 0 Å². The van der Waals surface area contributed by atoms with E-state index in [-0.39, 0.29) is 31.2 Å². The molecule has 1 fully saturated rings. The Kier molecular flexibility index (Phi) is 8.26. The van der Waals surface area contributed by atoms with Gasteiger partial charge in [0.05, 0.1) is 31.6 Å². The number of para-hydroxylation sites is 1. The minimum absolute atomic E-state index is 0.0631. The first-order valence-electron chi connectivity index (χ1n) is 9.74. The van der Waals surface area contributed by atoms with E-state index in [1.807, 2.05) is 20.8 Å². The van der Waals surface area contributed by atoms with Crippen LogP contribution in [0.5, 0.6) is 5.75 Å². The number of hydrogen-bond acceptors (Lipinski definition) is 7. The van der Waals surface area contributed by atoms with Crippen molar-refractivity contribution in [1.82, 2.24) is 5.09 Å². The van der Waals surface area contributed by atoms with Gasteiger partial charge in [-0.05, 0) is 24.5 Å². The standard InChI is InChI=1S/C20H32NO7P/c1-14(19(24)26-13-20(2,3)4)21-29(25,28-15-8-6-5-7-9-15)12-16-10-17(23)18(11-22)27-16/h5-9,14,16-18,22-23H,10-13H2,1-4H3,(H,21,25)/t14-,16?,17-,18+,29?/m0/s1. The van der Waals surface area contributed by atoms with E-state index >= 15 is 0 Å². The molecule has 2 unspecified atom stereocenters. The SMILES string of the molecule is C[C@H](NP(=O)(CC1C[C@H](O)[C@@H](CO)O1)Oc1ccccc1)C(=O)OCC(C)(C)C. The van der Waals surface area contributed by atoms with Gasteiger partial charge in [-0.3, -0.25) is 9.36 Å². The van der Waals surface area contributed by atoms with Gasteiger partial charge in [-0.15, -0.1) is 0 Å². The molecule has 1 aliphatic rings. The summed E-state index contributed by atoms with van der Waals surface area (Å²) in [5.41, 5.74) is -0.188. The molecule has 29 heavy (non-hydrogen) atoms. The molecule has 0 saturated carbocycles. The highest BCUT2D eigenvalue weighted by Crippen LogP contribution is 2.46. The number of esters is 1. The highest BCUT2D eigenvalue weighted by Gasteiger charge is 2.40. The van der Waals surface area contributed by atoms with Crippen LogP contribution in [0.1, 0.15) is 34.1 Å². The molecule has 3 N–H and O–H groups in total. The van der Waals surface area contributed by atoms with E-state index in [1.54, 1.807) is 37.3 Å². The Hall–Kier alpha value is -1.44. The number of hydrogen-bond donors (Lipinski definition) is 3. The summed E-state index contributed by atoms with van der Waals surface area (Å²) >= 11 is 0. The molecule has 1 saturated heterocycles. The first-order chi connectivity index (χ1) is 13.5. The van der Waals surface area contributed by atoms with Crippen LogP contribution in [0.4, 0.5) is 0 Å². The second-order valence-corrected chi connectivity index (χ2v) is 10.7. The Labute approximate surface area is 172 Å². The Morgan fingerprint density at radius 1 is 1.34 bits per heavy atom. The smallest absolute Gasteiger partial charge is 0.323 e. The first-order valence-corrected chi connectivity index (χ1v) is 11.5. The zero-order chi connectivity index (χ0) is 21.7. The van der Waals surface area contributed by atoms with Crippen molar-refractivity contribution in [3.8, 4) is 5.75 Å². The van der Waals surface area contributed by atoms with Crippen LogP contribution in [0.15, 0.2) is 30.3 Å². The van der Waals surface area contributed by atoms with Gasteiger partial charge in [-0.1, -0.05) is 39.0 Å². The molecule has 1 heterocycles. The van der Waals surface area contributed by atoms with E-state index in [1.165, 1.54) is 0 Å². The van der Waals surface area contributed by atoms with Crippen LogP contribution in [-0.2, 0) is 18.8 Å². The third-order valence-corrected chi connectivity index (χ3v) is 6.49. The Bertz CT molecular complexity index is 707. The summed E-state index contributed by atoms with van der Waals surface area (Å²) in [6, 6.07) is 7.76. The average molecular weight is 429 g/mol. The second-order valence-electron chi connectivity index (χ2n) is 8.56. The fourth-order valence-corrected chi connectivity index (χ4v) is 5.05. The molecule has 0 amide bonds. The molecule has 5 atom stereocenters. The zero-order valence-electron chi connectivity index (χ0n) is 17.4. The first kappa shape index (κ1) is 23.8. The van der Waals surface area contributed by atoms with Gasteiger partial charge in [0.2, 0.25) is 0 Å². The molecule has 0 bridgehead atoms. The lowest BCUT2D eigenvalue weighted by atomic mass is 9.99. The predicted octanol–water partition coefficient (Wildman–Crippen LogP) is 2.34. The van der Waals surface area contributed by atoms with Crippen molar-refractivity contribution in [1.29, 1.82) is 0 Å². The molecule has 1 aromatic rings. The van der Waals surface area contributed by atoms with Crippen molar-refractivity contribution in [2.45, 2.75) is 58.5 Å². The topological polar surface area (TPSA) is 114 Å². The lowest BCUT2D eigenvalue weighted by Gasteiger charge is -2.26. The van der Waals surface area contributed by atoms with E-state index in [4.69, 9.17) is 14.0 Å². The number of aliphatic hydroxyl groups is 2. The number of ether oxygens (including phenoxy) is 2. The van der Waals surface area contributed by atoms with Gasteiger partial charge in [0, 0.05) is 6.42 Å². The number of carbonyl (C=O) groups is 1. The molecular weight excluding hydrogens is 397 g/mol. The summed E-state index contributed by atoms with van der Waals surface area (Å²) in [6.07, 6.45) is -1.99. The lowest BCUT2D eigenvalue weighted by Crippen LogP contribution is -2.37. The summed E-state index contributed by atoms with van der Waals surface area (Å²) in [6.45, 7) is 7.31. The van der Waals surface area contributed by atoms with Crippen LogP contribution in [0.25, 0.3) is 0 Å². The van der Waals surface area contributed by atoms with E-state index in [0.29, 0.717) is 5.75 Å². The molecule has 2 rings (SSSR count). The van der Waals surface area contributed by atoms with E-state index < -0.39 is 37.8 Å². The molecule has 0 radical (unpaired) electrons. The zero-order valence-corrected chi connectivity index (χ0v) is 18.3. The van der Waals surface area contributed by atoms with E-state index in [9.17, 15) is 19.6 Å². The fraction of sp³-hybridized carbons (Fsp3) is 0.650. The van der Waals surface area contributed by atoms with Gasteiger partial charge in [-0.25, -0.2) is 5.09 Å². The van der Waals surface area contributed by atoms with Crippen LogP contribution < -0.4 is 9.61 Å². The van der Waals surface area contributed by atoms with Crippen LogP contribution in [0.3, 0.4) is 0 Å². The van der Waals surface area contributed by atoms with Gasteiger partial charge in [0.1, 0.15) is 17.9 Å². The monoisotopic (exact) mass is 429 g/mol. The third kappa shape index (κ3) is 7.72. The van der Waals surface area contributed by atoms with Gasteiger partial charge in [0.25, 0.3) is 0 Å². The van der Waals surface area contributed by atoms with E-state index in [2.05, 4.69) is 5.09 Å². The predicted molar refractivity (Wildman–Crippen MR) is 109 cm³/mol. The molecule has 1 aliphatic heterocycles. The van der Waals surface area contributed by atoms with Crippen LogP contribution in [-0.4, -0.2) is 59.9 Å². The number of aliphatic hydroxyl groups excluding tert-OH is 2. The third-order valence-electron chi connectivity index (χ3n) is 4.31. The summed E-state index contributed by atoms with van der Waals surface area (Å²) in [5.74, 6) is -0.145. The van der Waals surface area contributed by atoms with Crippen molar-refractivity contribution in [2.75, 3.05) is 19.4 Å². The van der Waals surface area contributed by atoms with Gasteiger partial charge >= 0.3 is 13.5 Å². The maximum atomic E-state index is 13.6. The van der Waals surface area contributed by atoms with Crippen LogP contribution in [0, 0.1) is 5.41 Å². The largest absolute Gasteiger partial charge is 0.464 e. The molecular formula is C20H32NO7P. The van der Waals surface area contributed by atoms with Gasteiger partial charge in [0.15, 0.2) is 0 Å². The minimum atomic E-state index is -3.60. The summed E-state index contributed by atoms with van der Waals surface area (Å²) in [4.78, 5) is 12.3. The second kappa shape index (κ2) is 10.0. The van der Waals surface area contributed by atoms with Crippen molar-refractivity contribution in [3.05, 3.63) is 30.3 Å². The fourth-order valence-electron chi connectivity index (χ4n) is 2.89. The Morgan fingerprint density at radius 2 is 2.00 bits per heavy atom. The summed E-state index contributed by atoms with van der Waals surface area (Å²) in [5, 5.41) is 22.0. The maximum absolute atomic E-state index is 13.6. The van der Waals surface area contributed by atoms with Crippen molar-refractivity contribution >= 4 is 13.5 Å². The van der Waals surface area contributed by atoms with Crippen molar-refractivity contribution in [2.24, 2.45) is 5.41 Å². The molecule has 9 heteroatoms. The van der Waals surface area contributed by atoms with Crippen molar-refractivity contribution in [3.63, 3.8) is 0 Å². The van der Waals surface area contributed by atoms with Gasteiger partial charge in [-0.2, -0.15) is 0 Å². The summed E-state index contributed by atoms with van der Waals surface area (Å²) < 4.78 is 30.2. The van der Waals surface area contributed by atoms with Crippen molar-refractivity contribution < 1.29 is 33.6 Å². The normalized spacial score (nSPS) is 25.2. The molecule has 0 aliphatic carbocycles. The molecule has 1 aromatic carbocycles. The number of benzene rings is 1. The Balaban J connectivity index is 2.10. The Morgan fingerprint density at radius 3 is 2.55 bits per heavy atom. The number of nitrogens with one attached hydrogen (secondary N) is 1. The molecule has 8 nitrogen and oxygen atoms in total. The van der Waals surface area contributed by atoms with Crippen LogP contribution >= 0.6 is 7.52 Å². The average Bonchev–Trinajstić information content (AvgIpc) is 2.98. The molecule has 164 valence electrons. The minimum Gasteiger partial charge on any atom is -0.464 e. The quantitative estimate of drug-likeness (QED) is 0.405. The maximum Gasteiger partial charge on any atom is 0.323 e. The number of rotatable bonds is 9. The highest BCUT2D eigenvalue weighted by molar-refractivity contribution is 7.57. The van der Waals surface area contributed by atoms with Gasteiger partial charge < -0.3 is 24.2 Å². The summed E-state index contributed by atoms with van der Waals surface area (Å²) in [7, 11) is -3.60. The highest BCUT2D eigenvalue weighted by atomic mass is 31.2.